The standard InChI is InChI=1S/C27H29N3O6S.4H2/c1-36-24-16-19(9-12-23(24)32)27(13-14-27)26(33)29-25-6-2-5-22(28-25)18-7-10-21(11-8-18)37(34,35)30-15-3-4-20(30)17-31;;;;/h2,5-12,16,20,31-32H,3-4,13-15,17H2,1H3,(H,28,29,33);4*1H/t20-;;;;/m1..../s1. The average molecular weight is 532 g/mol. The molecule has 2 fully saturated rings. The Morgan fingerprint density at radius 2 is 1.95 bits per heavy atom. The average Bonchev–Trinajstić information content (AvgIpc) is 3.58. The zero-order chi connectivity index (χ0) is 26.2. The molecule has 37 heavy (non-hydrogen) atoms. The van der Waals surface area contributed by atoms with Crippen LogP contribution in [-0.4, -0.2) is 60.1 Å². The quantitative estimate of drug-likeness (QED) is 0.396. The first kappa shape index (κ1) is 25.2. The molecule has 0 bridgehead atoms. The number of nitrogens with one attached hydrogen (secondary N) is 1. The van der Waals surface area contributed by atoms with E-state index in [0.717, 1.165) is 12.0 Å². The summed E-state index contributed by atoms with van der Waals surface area (Å²) >= 11 is 0. The zero-order valence-electron chi connectivity index (χ0n) is 20.4. The molecule has 1 atom stereocenters. The highest BCUT2D eigenvalue weighted by atomic mass is 32.2. The maximum atomic E-state index is 13.2. The van der Waals surface area contributed by atoms with E-state index in [0.29, 0.717) is 48.6 Å². The molecular weight excluding hydrogens is 494 g/mol. The summed E-state index contributed by atoms with van der Waals surface area (Å²) in [6.07, 6.45) is 2.73. The number of phenols is 1. The highest BCUT2D eigenvalue weighted by Crippen LogP contribution is 2.50. The van der Waals surface area contributed by atoms with Crippen LogP contribution in [0.1, 0.15) is 37.0 Å². The highest BCUT2D eigenvalue weighted by molar-refractivity contribution is 7.89. The third-order valence-electron chi connectivity index (χ3n) is 7.20. The molecular formula is C27H37N3O6S. The van der Waals surface area contributed by atoms with Gasteiger partial charge in [0.25, 0.3) is 0 Å². The Morgan fingerprint density at radius 1 is 1.19 bits per heavy atom. The summed E-state index contributed by atoms with van der Waals surface area (Å²) in [6.45, 7) is 0.207. The number of hydrogen-bond donors (Lipinski definition) is 3. The van der Waals surface area contributed by atoms with Crippen LogP contribution in [0.4, 0.5) is 5.82 Å². The number of amides is 1. The predicted molar refractivity (Wildman–Crippen MR) is 146 cm³/mol. The molecule has 1 saturated carbocycles. The Labute approximate surface area is 221 Å². The number of carbonyl (C=O) groups is 1. The molecule has 9 nitrogen and oxygen atoms in total. The molecule has 0 unspecified atom stereocenters. The van der Waals surface area contributed by atoms with E-state index in [4.69, 9.17) is 4.74 Å². The molecule has 0 radical (unpaired) electrons. The van der Waals surface area contributed by atoms with Crippen LogP contribution in [0.3, 0.4) is 0 Å². The minimum atomic E-state index is -3.70. The van der Waals surface area contributed by atoms with Crippen LogP contribution in [0.15, 0.2) is 65.6 Å². The monoisotopic (exact) mass is 531 g/mol. The van der Waals surface area contributed by atoms with E-state index in [-0.39, 0.29) is 34.9 Å². The topological polar surface area (TPSA) is 129 Å². The van der Waals surface area contributed by atoms with Crippen molar-refractivity contribution in [1.82, 2.24) is 9.29 Å². The van der Waals surface area contributed by atoms with Gasteiger partial charge in [-0.1, -0.05) is 24.3 Å². The molecule has 1 aromatic heterocycles. The van der Waals surface area contributed by atoms with Gasteiger partial charge in [0.2, 0.25) is 15.9 Å². The first-order valence-corrected chi connectivity index (χ1v) is 13.6. The molecule has 1 saturated heterocycles. The molecule has 3 N–H and O–H groups in total. The Morgan fingerprint density at radius 3 is 2.62 bits per heavy atom. The second-order valence-electron chi connectivity index (χ2n) is 9.45. The van der Waals surface area contributed by atoms with Crippen molar-refractivity contribution in [3.05, 3.63) is 66.2 Å². The number of rotatable bonds is 8. The van der Waals surface area contributed by atoms with E-state index in [1.54, 1.807) is 54.6 Å². The van der Waals surface area contributed by atoms with Crippen molar-refractivity contribution in [3.8, 4) is 22.8 Å². The highest BCUT2D eigenvalue weighted by Gasteiger charge is 2.51. The van der Waals surface area contributed by atoms with Gasteiger partial charge in [0, 0.05) is 23.9 Å². The molecule has 1 amide bonds. The number of phenolic OH excluding ortho intramolecular Hbond substituents is 1. The molecule has 2 heterocycles. The van der Waals surface area contributed by atoms with Gasteiger partial charge in [0.15, 0.2) is 11.5 Å². The summed E-state index contributed by atoms with van der Waals surface area (Å²) in [4.78, 5) is 18.0. The van der Waals surface area contributed by atoms with Gasteiger partial charge in [-0.2, -0.15) is 4.31 Å². The van der Waals surface area contributed by atoms with Gasteiger partial charge in [-0.15, -0.1) is 0 Å². The molecule has 2 aromatic carbocycles. The van der Waals surface area contributed by atoms with E-state index in [9.17, 15) is 23.4 Å². The Kier molecular flexibility index (Phi) is 6.65. The second kappa shape index (κ2) is 9.77. The lowest BCUT2D eigenvalue weighted by Crippen LogP contribution is -2.37. The Bertz CT molecular complexity index is 1440. The Hall–Kier alpha value is -3.47. The number of aliphatic hydroxyl groups is 1. The van der Waals surface area contributed by atoms with Gasteiger partial charge in [-0.3, -0.25) is 4.79 Å². The van der Waals surface area contributed by atoms with Crippen LogP contribution in [0, 0.1) is 0 Å². The largest absolute Gasteiger partial charge is 0.504 e. The first-order valence-electron chi connectivity index (χ1n) is 12.2. The number of aliphatic hydroxyl groups excluding tert-OH is 1. The summed E-state index contributed by atoms with van der Waals surface area (Å²) in [6, 6.07) is 16.3. The van der Waals surface area contributed by atoms with Crippen LogP contribution >= 0.6 is 0 Å². The smallest absolute Gasteiger partial charge is 0.243 e. The number of nitrogens with zero attached hydrogens (tertiary/aromatic N) is 2. The molecule has 3 aromatic rings. The van der Waals surface area contributed by atoms with Crippen LogP contribution in [0.5, 0.6) is 11.5 Å². The lowest BCUT2D eigenvalue weighted by atomic mass is 9.94. The second-order valence-corrected chi connectivity index (χ2v) is 11.3. The minimum absolute atomic E-state index is 0. The van der Waals surface area contributed by atoms with Crippen LogP contribution < -0.4 is 10.1 Å². The Balaban J connectivity index is 0.00000210. The fourth-order valence-corrected chi connectivity index (χ4v) is 6.57. The normalized spacial score (nSPS) is 18.9. The van der Waals surface area contributed by atoms with E-state index in [1.165, 1.54) is 17.5 Å². The zero-order valence-corrected chi connectivity index (χ0v) is 21.2. The summed E-state index contributed by atoms with van der Waals surface area (Å²) in [5.74, 6) is 0.539. The van der Waals surface area contributed by atoms with Crippen molar-refractivity contribution in [2.75, 3.05) is 25.6 Å². The SMILES string of the molecule is COc1cc(C2(C(=O)Nc3cccc(-c4ccc(S(=O)(=O)N5CCC[C@@H]5CO)cc4)n3)CC2)ccc1O.[HH].[HH].[HH].[HH]. The van der Waals surface area contributed by atoms with E-state index in [2.05, 4.69) is 10.3 Å². The van der Waals surface area contributed by atoms with Gasteiger partial charge in [0.1, 0.15) is 5.82 Å². The molecule has 10 heteroatoms. The number of aromatic hydroxyl groups is 1. The maximum Gasteiger partial charge on any atom is 0.243 e. The molecule has 1 aliphatic carbocycles. The number of anilines is 1. The van der Waals surface area contributed by atoms with Crippen molar-refractivity contribution in [3.63, 3.8) is 0 Å². The number of methoxy groups -OCH3 is 1. The van der Waals surface area contributed by atoms with Crippen LogP contribution in [-0.2, 0) is 20.2 Å². The molecule has 202 valence electrons. The van der Waals surface area contributed by atoms with Gasteiger partial charge in [-0.25, -0.2) is 13.4 Å². The van der Waals surface area contributed by atoms with Crippen molar-refractivity contribution in [2.24, 2.45) is 0 Å². The van der Waals surface area contributed by atoms with Gasteiger partial charge in [0.05, 0.1) is 29.7 Å². The van der Waals surface area contributed by atoms with Gasteiger partial charge >= 0.3 is 0 Å². The van der Waals surface area contributed by atoms with Crippen molar-refractivity contribution in [1.29, 1.82) is 0 Å². The molecule has 1 aliphatic heterocycles. The number of hydrogen-bond acceptors (Lipinski definition) is 7. The molecule has 0 spiro atoms. The van der Waals surface area contributed by atoms with E-state index >= 15 is 0 Å². The summed E-state index contributed by atoms with van der Waals surface area (Å²) in [5, 5.41) is 22.3. The molecule has 5 rings (SSSR count). The third-order valence-corrected chi connectivity index (χ3v) is 9.16. The fourth-order valence-electron chi connectivity index (χ4n) is 4.89. The summed E-state index contributed by atoms with van der Waals surface area (Å²) < 4.78 is 32.6. The lowest BCUT2D eigenvalue weighted by Gasteiger charge is -2.22. The molecule has 2 aliphatic rings. The fraction of sp³-hybridized carbons (Fsp3) is 0.333. The number of pyridine rings is 1. The van der Waals surface area contributed by atoms with Crippen molar-refractivity contribution < 1.29 is 33.9 Å². The summed E-state index contributed by atoms with van der Waals surface area (Å²) in [5.41, 5.74) is 1.37. The number of carbonyl (C=O) groups excluding carboxylic acids is 1. The number of benzene rings is 2. The third kappa shape index (κ3) is 4.68. The van der Waals surface area contributed by atoms with Crippen molar-refractivity contribution in [2.45, 2.75) is 42.0 Å². The van der Waals surface area contributed by atoms with Crippen LogP contribution in [0.2, 0.25) is 0 Å². The van der Waals surface area contributed by atoms with Gasteiger partial charge < -0.3 is 20.3 Å². The minimum Gasteiger partial charge on any atom is -0.504 e. The summed E-state index contributed by atoms with van der Waals surface area (Å²) in [7, 11) is -2.23. The number of aromatic nitrogens is 1. The maximum absolute atomic E-state index is 13.2. The van der Waals surface area contributed by atoms with Crippen LogP contribution in [0.25, 0.3) is 11.3 Å². The first-order chi connectivity index (χ1) is 17.8. The number of ether oxygens (including phenoxy) is 1. The lowest BCUT2D eigenvalue weighted by molar-refractivity contribution is -0.118. The van der Waals surface area contributed by atoms with Gasteiger partial charge in [-0.05, 0) is 67.6 Å². The van der Waals surface area contributed by atoms with Crippen molar-refractivity contribution >= 4 is 21.7 Å². The predicted octanol–water partition coefficient (Wildman–Crippen LogP) is 4.26. The van der Waals surface area contributed by atoms with E-state index < -0.39 is 15.4 Å². The number of sulfonamides is 1. The van der Waals surface area contributed by atoms with E-state index in [1.807, 2.05) is 0 Å².